The minimum Gasteiger partial charge on any atom is -0.344 e. The quantitative estimate of drug-likeness (QED) is 0.790. The largest absolute Gasteiger partial charge is 0.344 e. The number of carbonyl (C=O) groups excluding carboxylic acids is 1. The molecule has 0 saturated heterocycles. The Balaban J connectivity index is 1.76. The normalized spacial score (nSPS) is 16.0. The fourth-order valence-corrected chi connectivity index (χ4v) is 3.66. The van der Waals surface area contributed by atoms with Crippen LogP contribution < -0.4 is 10.9 Å². The summed E-state index contributed by atoms with van der Waals surface area (Å²) in [5, 5.41) is 8.62. The second kappa shape index (κ2) is 6.41. The van der Waals surface area contributed by atoms with Crippen molar-refractivity contribution in [2.75, 3.05) is 0 Å². The van der Waals surface area contributed by atoms with Gasteiger partial charge in [-0.1, -0.05) is 42.5 Å². The number of hydrogen-bond donors (Lipinski definition) is 1. The van der Waals surface area contributed by atoms with Crippen molar-refractivity contribution < 1.29 is 4.79 Å². The molecule has 4 rings (SSSR count). The third-order valence-electron chi connectivity index (χ3n) is 4.97. The first-order valence-electron chi connectivity index (χ1n) is 8.96. The van der Waals surface area contributed by atoms with Crippen LogP contribution in [-0.4, -0.2) is 15.7 Å². The van der Waals surface area contributed by atoms with E-state index >= 15 is 0 Å². The van der Waals surface area contributed by atoms with Gasteiger partial charge >= 0.3 is 0 Å². The summed E-state index contributed by atoms with van der Waals surface area (Å²) in [5.41, 5.74) is 2.58. The predicted molar refractivity (Wildman–Crippen MR) is 101 cm³/mol. The number of amides is 1. The molecular weight excluding hydrogens is 326 g/mol. The van der Waals surface area contributed by atoms with Crippen LogP contribution in [0.25, 0.3) is 10.8 Å². The average Bonchev–Trinajstić information content (AvgIpc) is 3.05. The van der Waals surface area contributed by atoms with Crippen LogP contribution in [0, 0.1) is 0 Å². The van der Waals surface area contributed by atoms with Crippen LogP contribution in [0.15, 0.2) is 53.3 Å². The Morgan fingerprint density at radius 3 is 2.58 bits per heavy atom. The highest BCUT2D eigenvalue weighted by molar-refractivity contribution is 6.04. The topological polar surface area (TPSA) is 64.0 Å². The van der Waals surface area contributed by atoms with E-state index < -0.39 is 0 Å². The first-order valence-corrected chi connectivity index (χ1v) is 8.96. The number of aryl methyl sites for hydroxylation is 1. The van der Waals surface area contributed by atoms with Gasteiger partial charge in [0, 0.05) is 5.39 Å². The van der Waals surface area contributed by atoms with E-state index in [2.05, 4.69) is 22.5 Å². The fraction of sp³-hybridized carbons (Fsp3) is 0.286. The molecule has 2 aromatic carbocycles. The number of benzene rings is 2. The van der Waals surface area contributed by atoms with Gasteiger partial charge < -0.3 is 5.32 Å². The van der Waals surface area contributed by atoms with Gasteiger partial charge in [0.15, 0.2) is 5.69 Å². The summed E-state index contributed by atoms with van der Waals surface area (Å²) in [6.07, 6.45) is 1.84. The van der Waals surface area contributed by atoms with Crippen LogP contribution in [0.3, 0.4) is 0 Å². The number of carbonyl (C=O) groups is 1. The highest BCUT2D eigenvalue weighted by atomic mass is 16.2. The van der Waals surface area contributed by atoms with E-state index in [9.17, 15) is 9.59 Å². The second-order valence-corrected chi connectivity index (χ2v) is 7.00. The molecule has 0 radical (unpaired) electrons. The van der Waals surface area contributed by atoms with Crippen molar-refractivity contribution in [3.05, 3.63) is 75.7 Å². The molecule has 5 nitrogen and oxygen atoms in total. The summed E-state index contributed by atoms with van der Waals surface area (Å²) in [4.78, 5) is 25.6. The maximum atomic E-state index is 13.0. The van der Waals surface area contributed by atoms with Crippen LogP contribution in [0.1, 0.15) is 54.0 Å². The molecule has 1 N–H and O–H groups in total. The first-order chi connectivity index (χ1) is 12.6. The van der Waals surface area contributed by atoms with E-state index in [0.29, 0.717) is 16.5 Å². The molecule has 3 aromatic rings. The highest BCUT2D eigenvalue weighted by Crippen LogP contribution is 2.31. The number of rotatable bonds is 3. The van der Waals surface area contributed by atoms with Gasteiger partial charge in [-0.25, -0.2) is 4.68 Å². The summed E-state index contributed by atoms with van der Waals surface area (Å²) < 4.78 is 1.39. The Labute approximate surface area is 151 Å². The third-order valence-corrected chi connectivity index (χ3v) is 4.97. The molecule has 1 aliphatic carbocycles. The number of nitrogens with one attached hydrogen (secondary N) is 1. The van der Waals surface area contributed by atoms with E-state index in [1.807, 2.05) is 38.1 Å². The summed E-state index contributed by atoms with van der Waals surface area (Å²) in [7, 11) is 0. The number of hydrogen-bond acceptors (Lipinski definition) is 3. The van der Waals surface area contributed by atoms with Crippen molar-refractivity contribution in [1.82, 2.24) is 15.1 Å². The van der Waals surface area contributed by atoms with E-state index in [-0.39, 0.29) is 23.6 Å². The van der Waals surface area contributed by atoms with Crippen LogP contribution >= 0.6 is 0 Å². The van der Waals surface area contributed by atoms with E-state index in [1.165, 1.54) is 15.8 Å². The number of aromatic nitrogens is 2. The summed E-state index contributed by atoms with van der Waals surface area (Å²) >= 11 is 0. The molecule has 1 aliphatic rings. The van der Waals surface area contributed by atoms with Crippen LogP contribution in [0.5, 0.6) is 0 Å². The molecule has 0 fully saturated rings. The van der Waals surface area contributed by atoms with Gasteiger partial charge in [0.25, 0.3) is 11.5 Å². The lowest BCUT2D eigenvalue weighted by atomic mass is 10.1. The van der Waals surface area contributed by atoms with E-state index in [0.717, 1.165) is 12.8 Å². The third kappa shape index (κ3) is 2.69. The van der Waals surface area contributed by atoms with Gasteiger partial charge in [-0.05, 0) is 43.9 Å². The van der Waals surface area contributed by atoms with Crippen molar-refractivity contribution >= 4 is 16.7 Å². The molecule has 1 atom stereocenters. The Morgan fingerprint density at radius 1 is 1.12 bits per heavy atom. The van der Waals surface area contributed by atoms with Gasteiger partial charge in [-0.15, -0.1) is 0 Å². The summed E-state index contributed by atoms with van der Waals surface area (Å²) in [5.74, 6) is -0.239. The Morgan fingerprint density at radius 2 is 1.81 bits per heavy atom. The zero-order chi connectivity index (χ0) is 18.3. The van der Waals surface area contributed by atoms with Gasteiger partial charge in [0.05, 0.1) is 17.5 Å². The number of fused-ring (bicyclic) bond motifs is 2. The van der Waals surface area contributed by atoms with Crippen LogP contribution in [0.4, 0.5) is 0 Å². The zero-order valence-electron chi connectivity index (χ0n) is 14.9. The van der Waals surface area contributed by atoms with Crippen LogP contribution in [-0.2, 0) is 6.42 Å². The van der Waals surface area contributed by atoms with E-state index in [4.69, 9.17) is 0 Å². The fourth-order valence-electron chi connectivity index (χ4n) is 3.66. The standard InChI is InChI=1S/C21H21N3O2/c1-13(2)24-21(26)17-10-6-5-9-16(17)19(23-24)20(25)22-18-12-11-14-7-3-4-8-15(14)18/h3-10,13,18H,11-12H2,1-2H3,(H,22,25). The Hall–Kier alpha value is -2.95. The zero-order valence-corrected chi connectivity index (χ0v) is 14.9. The Kier molecular flexibility index (Phi) is 4.07. The monoisotopic (exact) mass is 347 g/mol. The molecule has 0 spiro atoms. The van der Waals surface area contributed by atoms with Crippen molar-refractivity contribution in [2.24, 2.45) is 0 Å². The van der Waals surface area contributed by atoms with Crippen LogP contribution in [0.2, 0.25) is 0 Å². The molecule has 1 heterocycles. The van der Waals surface area contributed by atoms with Crippen molar-refractivity contribution in [1.29, 1.82) is 0 Å². The lowest BCUT2D eigenvalue weighted by Gasteiger charge is -2.16. The maximum Gasteiger partial charge on any atom is 0.274 e. The molecule has 0 saturated carbocycles. The highest BCUT2D eigenvalue weighted by Gasteiger charge is 2.26. The predicted octanol–water partition coefficient (Wildman–Crippen LogP) is 3.39. The van der Waals surface area contributed by atoms with Gasteiger partial charge in [-0.2, -0.15) is 5.10 Å². The van der Waals surface area contributed by atoms with Crippen molar-refractivity contribution in [3.8, 4) is 0 Å². The first kappa shape index (κ1) is 16.5. The minimum atomic E-state index is -0.239. The maximum absolute atomic E-state index is 13.0. The molecular formula is C21H21N3O2. The molecule has 0 bridgehead atoms. The molecule has 1 aromatic heterocycles. The molecule has 0 aliphatic heterocycles. The smallest absolute Gasteiger partial charge is 0.274 e. The lowest BCUT2D eigenvalue weighted by molar-refractivity contribution is 0.0931. The van der Waals surface area contributed by atoms with Crippen molar-refractivity contribution in [2.45, 2.75) is 38.8 Å². The minimum absolute atomic E-state index is 0.0151. The number of nitrogens with zero attached hydrogens (tertiary/aromatic N) is 2. The second-order valence-electron chi connectivity index (χ2n) is 7.00. The summed E-state index contributed by atoms with van der Waals surface area (Å²) in [6, 6.07) is 15.2. The van der Waals surface area contributed by atoms with Crippen molar-refractivity contribution in [3.63, 3.8) is 0 Å². The van der Waals surface area contributed by atoms with Gasteiger partial charge in [0.2, 0.25) is 0 Å². The lowest BCUT2D eigenvalue weighted by Crippen LogP contribution is -2.33. The molecule has 5 heteroatoms. The molecule has 1 amide bonds. The summed E-state index contributed by atoms with van der Waals surface area (Å²) in [6.45, 7) is 3.77. The van der Waals surface area contributed by atoms with Gasteiger partial charge in [0.1, 0.15) is 0 Å². The van der Waals surface area contributed by atoms with Gasteiger partial charge in [-0.3, -0.25) is 9.59 Å². The molecule has 26 heavy (non-hydrogen) atoms. The molecule has 132 valence electrons. The van der Waals surface area contributed by atoms with E-state index in [1.54, 1.807) is 12.1 Å². The molecule has 1 unspecified atom stereocenters. The Bertz CT molecular complexity index is 1050. The average molecular weight is 347 g/mol. The SMILES string of the molecule is CC(C)n1nc(C(=O)NC2CCc3ccccc32)c2ccccc2c1=O.